The Morgan fingerprint density at radius 1 is 1.38 bits per heavy atom. The van der Waals surface area contributed by atoms with Gasteiger partial charge in [-0.2, -0.15) is 0 Å². The highest BCUT2D eigenvalue weighted by Gasteiger charge is 2.14. The molecule has 0 amide bonds. The third kappa shape index (κ3) is 5.32. The molecule has 0 saturated carbocycles. The third-order valence-electron chi connectivity index (χ3n) is 5.32. The number of benzene rings is 1. The Morgan fingerprint density at radius 2 is 2.14 bits per heavy atom. The second-order valence-corrected chi connectivity index (χ2v) is 7.71. The van der Waals surface area contributed by atoms with Gasteiger partial charge in [-0.1, -0.05) is 30.6 Å². The number of fused-ring (bicyclic) bond motifs is 1. The van der Waals surface area contributed by atoms with E-state index in [2.05, 4.69) is 34.7 Å². The predicted molar refractivity (Wildman–Crippen MR) is 122 cm³/mol. The van der Waals surface area contributed by atoms with Crippen LogP contribution in [0.2, 0.25) is 0 Å². The van der Waals surface area contributed by atoms with Crippen LogP contribution in [0.5, 0.6) is 0 Å². The fourth-order valence-corrected chi connectivity index (χ4v) is 3.81. The highest BCUT2D eigenvalue weighted by atomic mass is 16.5. The van der Waals surface area contributed by atoms with Crippen molar-refractivity contribution in [1.82, 2.24) is 14.7 Å². The normalized spacial score (nSPS) is 15.5. The summed E-state index contributed by atoms with van der Waals surface area (Å²) >= 11 is 0. The lowest BCUT2D eigenvalue weighted by Crippen LogP contribution is -2.36. The number of unbranched alkanes of at least 4 members (excludes halogenated alkanes) is 1. The highest BCUT2D eigenvalue weighted by molar-refractivity contribution is 6.08. The van der Waals surface area contributed by atoms with E-state index in [0.717, 1.165) is 68.0 Å². The maximum Gasteiger partial charge on any atom is 0.247 e. The van der Waals surface area contributed by atoms with Crippen molar-refractivity contribution in [3.8, 4) is 11.8 Å². The maximum atomic E-state index is 13.1. The number of nitrogens with one attached hydrogen (secondary N) is 1. The van der Waals surface area contributed by atoms with Crippen LogP contribution < -0.4 is 10.9 Å². The minimum atomic E-state index is -0.00826. The number of aromatic nitrogens is 1. The molecule has 2 aromatic rings. The summed E-state index contributed by atoms with van der Waals surface area (Å²) in [4.78, 5) is 15.5. The van der Waals surface area contributed by atoms with Gasteiger partial charge in [0.15, 0.2) is 0 Å². The number of allylic oxidation sites excluding steroid dienone is 1. The Labute approximate surface area is 174 Å². The van der Waals surface area contributed by atoms with Crippen molar-refractivity contribution < 1.29 is 4.74 Å². The van der Waals surface area contributed by atoms with Crippen LogP contribution in [0.15, 0.2) is 41.3 Å². The first-order chi connectivity index (χ1) is 14.0. The number of rotatable bonds is 6. The summed E-state index contributed by atoms with van der Waals surface area (Å²) in [6.45, 7) is 12.6. The zero-order chi connectivity index (χ0) is 20.8. The molecule has 1 aliphatic rings. The van der Waals surface area contributed by atoms with E-state index in [-0.39, 0.29) is 11.6 Å². The first-order valence-electron chi connectivity index (χ1n) is 10.3. The fourth-order valence-electron chi connectivity index (χ4n) is 3.81. The van der Waals surface area contributed by atoms with E-state index >= 15 is 0 Å². The van der Waals surface area contributed by atoms with Crippen LogP contribution in [-0.4, -0.2) is 50.2 Å². The topological polar surface area (TPSA) is 46.5 Å². The molecule has 152 valence electrons. The first kappa shape index (κ1) is 21.2. The largest absolute Gasteiger partial charge is 0.381 e. The molecule has 3 rings (SSSR count). The Morgan fingerprint density at radius 3 is 2.86 bits per heavy atom. The lowest BCUT2D eigenvalue weighted by Gasteiger charge is -2.26. The molecule has 1 N–H and O–H groups in total. The Kier molecular flexibility index (Phi) is 7.19. The van der Waals surface area contributed by atoms with Gasteiger partial charge in [0.25, 0.3) is 0 Å². The Hall–Kier alpha value is -2.49. The number of morpholine rings is 1. The van der Waals surface area contributed by atoms with Crippen molar-refractivity contribution in [2.24, 2.45) is 0 Å². The van der Waals surface area contributed by atoms with Crippen molar-refractivity contribution in [2.75, 3.05) is 32.8 Å². The molecule has 0 unspecified atom stereocenters. The lowest BCUT2D eigenvalue weighted by molar-refractivity contribution is 0.0376. The summed E-state index contributed by atoms with van der Waals surface area (Å²) < 4.78 is 7.09. The van der Waals surface area contributed by atoms with Gasteiger partial charge in [-0.05, 0) is 44.3 Å². The molecule has 0 bridgehead atoms. The van der Waals surface area contributed by atoms with Gasteiger partial charge >= 0.3 is 0 Å². The average molecular weight is 391 g/mol. The summed E-state index contributed by atoms with van der Waals surface area (Å²) in [7, 11) is 1.82. The number of pyridine rings is 1. The van der Waals surface area contributed by atoms with E-state index in [9.17, 15) is 4.79 Å². The molecule has 1 aromatic heterocycles. The molecular weight excluding hydrogens is 361 g/mol. The molecule has 1 fully saturated rings. The van der Waals surface area contributed by atoms with Gasteiger partial charge in [0, 0.05) is 36.5 Å². The van der Waals surface area contributed by atoms with Crippen LogP contribution in [-0.2, 0) is 4.74 Å². The lowest BCUT2D eigenvalue weighted by atomic mass is 10.0. The van der Waals surface area contributed by atoms with Gasteiger partial charge in [0.2, 0.25) is 13.5 Å². The zero-order valence-electron chi connectivity index (χ0n) is 17.8. The van der Waals surface area contributed by atoms with Gasteiger partial charge in [-0.25, -0.2) is 0 Å². The van der Waals surface area contributed by atoms with Gasteiger partial charge in [0.1, 0.15) is 0 Å². The average Bonchev–Trinajstić information content (AvgIpc) is 2.70. The summed E-state index contributed by atoms with van der Waals surface area (Å²) in [5.41, 5.74) is 2.61. The van der Waals surface area contributed by atoms with Crippen LogP contribution in [0.1, 0.15) is 44.0 Å². The molecule has 0 aliphatic carbocycles. The summed E-state index contributed by atoms with van der Waals surface area (Å²) in [6.07, 6.45) is 1.86. The smallest absolute Gasteiger partial charge is 0.247 e. The van der Waals surface area contributed by atoms with Crippen LogP contribution in [0.4, 0.5) is 0 Å². The molecule has 1 aromatic carbocycles. The summed E-state index contributed by atoms with van der Waals surface area (Å²) in [6, 6.07) is 7.97. The second-order valence-electron chi connectivity index (χ2n) is 7.71. The van der Waals surface area contributed by atoms with Gasteiger partial charge in [-0.3, -0.25) is 9.69 Å². The van der Waals surface area contributed by atoms with Crippen molar-refractivity contribution in [2.45, 2.75) is 32.7 Å². The van der Waals surface area contributed by atoms with E-state index in [0.29, 0.717) is 5.39 Å². The van der Waals surface area contributed by atoms with Gasteiger partial charge in [-0.15, -0.1) is 0 Å². The van der Waals surface area contributed by atoms with Crippen LogP contribution in [0.3, 0.4) is 0 Å². The summed E-state index contributed by atoms with van der Waals surface area (Å²) in [5, 5.41) is 4.91. The van der Waals surface area contributed by atoms with Crippen LogP contribution in [0, 0.1) is 11.8 Å². The van der Waals surface area contributed by atoms with E-state index in [4.69, 9.17) is 4.74 Å². The molecule has 0 spiro atoms. The van der Waals surface area contributed by atoms with Crippen molar-refractivity contribution >= 4 is 18.8 Å². The number of nitrogens with zero attached hydrogens (tertiary/aromatic N) is 2. The van der Waals surface area contributed by atoms with E-state index in [1.54, 1.807) is 4.48 Å². The molecule has 1 saturated heterocycles. The quantitative estimate of drug-likeness (QED) is 0.465. The molecule has 2 heterocycles. The minimum absolute atomic E-state index is 0.00419. The standard InChI is InChI=1S/C23H30BN3O2/c1-17(2)25-18(3)21-16-20-10-7-9-19(22(20)23(28)27(21)24)8-5-4-6-11-26-12-14-29-15-13-26/h7,9-10,16,18,25H,1,4,6,11-15,24H2,2-3H3/t18-/m0/s1. The second kappa shape index (κ2) is 9.82. The zero-order valence-corrected chi connectivity index (χ0v) is 17.8. The van der Waals surface area contributed by atoms with Crippen molar-refractivity contribution in [3.63, 3.8) is 0 Å². The molecule has 29 heavy (non-hydrogen) atoms. The number of hydrogen-bond donors (Lipinski definition) is 1. The van der Waals surface area contributed by atoms with Gasteiger partial charge < -0.3 is 14.5 Å². The molecule has 5 nitrogen and oxygen atoms in total. The highest BCUT2D eigenvalue weighted by Crippen LogP contribution is 2.20. The molecule has 0 radical (unpaired) electrons. The Bertz CT molecular complexity index is 997. The van der Waals surface area contributed by atoms with E-state index in [1.165, 1.54) is 0 Å². The molecule has 1 atom stereocenters. The minimum Gasteiger partial charge on any atom is -0.381 e. The number of hydrogen-bond acceptors (Lipinski definition) is 4. The van der Waals surface area contributed by atoms with E-state index in [1.807, 2.05) is 40.0 Å². The molecule has 1 aliphatic heterocycles. The Balaban J connectivity index is 1.78. The van der Waals surface area contributed by atoms with E-state index < -0.39 is 0 Å². The molecule has 6 heteroatoms. The maximum absolute atomic E-state index is 13.1. The van der Waals surface area contributed by atoms with Crippen molar-refractivity contribution in [1.29, 1.82) is 0 Å². The van der Waals surface area contributed by atoms with Crippen LogP contribution >= 0.6 is 0 Å². The predicted octanol–water partition coefficient (Wildman–Crippen LogP) is 2.05. The molecular formula is C23H30BN3O2. The van der Waals surface area contributed by atoms with Crippen molar-refractivity contribution in [3.05, 3.63) is 58.2 Å². The fraction of sp³-hybridized carbons (Fsp3) is 0.435. The monoisotopic (exact) mass is 391 g/mol. The third-order valence-corrected chi connectivity index (χ3v) is 5.32. The SMILES string of the molecule is Bn1c([C@H](C)NC(=C)C)cc2cccc(C#CCCCN3CCOCC3)c2c1=O. The number of ether oxygens (including phenoxy) is 1. The first-order valence-corrected chi connectivity index (χ1v) is 10.3. The summed E-state index contributed by atoms with van der Waals surface area (Å²) in [5.74, 6) is 6.50. The van der Waals surface area contributed by atoms with Gasteiger partial charge in [0.05, 0.1) is 24.6 Å². The van der Waals surface area contributed by atoms with Crippen LogP contribution in [0.25, 0.3) is 10.8 Å².